The van der Waals surface area contributed by atoms with Crippen LogP contribution in [-0.4, -0.2) is 16.9 Å². The standard InChI is InChI=1S/C14H16ClN3O/c1-19-9-6-7-11(15)13(8-9)18-12-5-3-2-4-10(12)14(16)17-18/h6-8H,2-5H2,1H3,(H2,16,17). The van der Waals surface area contributed by atoms with Crippen LogP contribution in [0.5, 0.6) is 5.75 Å². The van der Waals surface area contributed by atoms with Crippen molar-refractivity contribution in [2.75, 3.05) is 12.8 Å². The van der Waals surface area contributed by atoms with E-state index < -0.39 is 0 Å². The van der Waals surface area contributed by atoms with Gasteiger partial charge in [-0.15, -0.1) is 0 Å². The van der Waals surface area contributed by atoms with Crippen molar-refractivity contribution in [1.29, 1.82) is 0 Å². The van der Waals surface area contributed by atoms with Gasteiger partial charge in [-0.3, -0.25) is 0 Å². The van der Waals surface area contributed by atoms with Crippen LogP contribution in [0.1, 0.15) is 24.1 Å². The molecule has 0 spiro atoms. The maximum Gasteiger partial charge on any atom is 0.149 e. The highest BCUT2D eigenvalue weighted by Gasteiger charge is 2.21. The zero-order valence-corrected chi connectivity index (χ0v) is 11.6. The number of rotatable bonds is 2. The maximum atomic E-state index is 6.28. The highest BCUT2D eigenvalue weighted by Crippen LogP contribution is 2.32. The second-order valence-corrected chi connectivity index (χ2v) is 5.15. The molecule has 19 heavy (non-hydrogen) atoms. The number of nitrogens with two attached hydrogens (primary N) is 1. The molecule has 1 heterocycles. The molecule has 100 valence electrons. The molecule has 0 amide bonds. The first-order chi connectivity index (χ1) is 9.20. The van der Waals surface area contributed by atoms with Gasteiger partial charge in [-0.1, -0.05) is 11.6 Å². The SMILES string of the molecule is COc1ccc(Cl)c(-n2nc(N)c3c2CCCC3)c1. The number of methoxy groups -OCH3 is 1. The molecule has 2 aromatic rings. The van der Waals surface area contributed by atoms with E-state index in [2.05, 4.69) is 5.10 Å². The average Bonchev–Trinajstić information content (AvgIpc) is 2.77. The highest BCUT2D eigenvalue weighted by atomic mass is 35.5. The lowest BCUT2D eigenvalue weighted by molar-refractivity contribution is 0.414. The molecule has 2 N–H and O–H groups in total. The van der Waals surface area contributed by atoms with Crippen LogP contribution in [0.3, 0.4) is 0 Å². The molecule has 3 rings (SSSR count). The van der Waals surface area contributed by atoms with Gasteiger partial charge in [0.2, 0.25) is 0 Å². The van der Waals surface area contributed by atoms with E-state index in [1.807, 2.05) is 22.9 Å². The Labute approximate surface area is 117 Å². The monoisotopic (exact) mass is 277 g/mol. The molecule has 0 radical (unpaired) electrons. The molecule has 1 aromatic carbocycles. The summed E-state index contributed by atoms with van der Waals surface area (Å²) in [6.45, 7) is 0. The third-order valence-corrected chi connectivity index (χ3v) is 3.91. The quantitative estimate of drug-likeness (QED) is 0.918. The Hall–Kier alpha value is -1.68. The van der Waals surface area contributed by atoms with Crippen molar-refractivity contribution in [2.45, 2.75) is 25.7 Å². The summed E-state index contributed by atoms with van der Waals surface area (Å²) >= 11 is 6.28. The minimum absolute atomic E-state index is 0.619. The summed E-state index contributed by atoms with van der Waals surface area (Å²) in [6.07, 6.45) is 4.34. The molecule has 0 unspecified atom stereocenters. The van der Waals surface area contributed by atoms with Gasteiger partial charge in [0.25, 0.3) is 0 Å². The second kappa shape index (κ2) is 4.78. The normalized spacial score (nSPS) is 14.2. The summed E-state index contributed by atoms with van der Waals surface area (Å²) in [4.78, 5) is 0. The number of anilines is 1. The molecule has 5 heteroatoms. The van der Waals surface area contributed by atoms with Crippen molar-refractivity contribution in [3.8, 4) is 11.4 Å². The van der Waals surface area contributed by atoms with Gasteiger partial charge in [0.1, 0.15) is 11.6 Å². The zero-order chi connectivity index (χ0) is 13.4. The Morgan fingerprint density at radius 1 is 1.32 bits per heavy atom. The lowest BCUT2D eigenvalue weighted by Gasteiger charge is -2.15. The van der Waals surface area contributed by atoms with Crippen LogP contribution in [-0.2, 0) is 12.8 Å². The van der Waals surface area contributed by atoms with Crippen LogP contribution in [0, 0.1) is 0 Å². The van der Waals surface area contributed by atoms with Gasteiger partial charge in [-0.25, -0.2) is 4.68 Å². The topological polar surface area (TPSA) is 53.1 Å². The molecule has 0 saturated heterocycles. The molecule has 0 fully saturated rings. The third-order valence-electron chi connectivity index (χ3n) is 3.59. The van der Waals surface area contributed by atoms with Gasteiger partial charge in [-0.2, -0.15) is 5.10 Å². The molecule has 1 aliphatic rings. The summed E-state index contributed by atoms with van der Waals surface area (Å²) in [5, 5.41) is 5.10. The number of hydrogen-bond donors (Lipinski definition) is 1. The van der Waals surface area contributed by atoms with E-state index in [1.165, 1.54) is 24.1 Å². The van der Waals surface area contributed by atoms with Crippen LogP contribution >= 0.6 is 11.6 Å². The van der Waals surface area contributed by atoms with Gasteiger partial charge >= 0.3 is 0 Å². The Bertz CT molecular complexity index is 621. The summed E-state index contributed by atoms with van der Waals surface area (Å²) in [5.74, 6) is 1.38. The molecule has 4 nitrogen and oxygen atoms in total. The number of fused-ring (bicyclic) bond motifs is 1. The summed E-state index contributed by atoms with van der Waals surface area (Å²) in [7, 11) is 1.64. The fourth-order valence-electron chi connectivity index (χ4n) is 2.61. The highest BCUT2D eigenvalue weighted by molar-refractivity contribution is 6.32. The molecule has 0 atom stereocenters. The number of halogens is 1. The van der Waals surface area contributed by atoms with Crippen molar-refractivity contribution in [2.24, 2.45) is 0 Å². The van der Waals surface area contributed by atoms with Crippen LogP contribution in [0.4, 0.5) is 5.82 Å². The van der Waals surface area contributed by atoms with Gasteiger partial charge in [0.15, 0.2) is 0 Å². The summed E-state index contributed by atoms with van der Waals surface area (Å²) in [5.41, 5.74) is 9.19. The minimum Gasteiger partial charge on any atom is -0.497 e. The van der Waals surface area contributed by atoms with Crippen molar-refractivity contribution in [1.82, 2.24) is 9.78 Å². The molecule has 0 saturated carbocycles. The number of hydrogen-bond acceptors (Lipinski definition) is 3. The predicted molar refractivity (Wildman–Crippen MR) is 76.2 cm³/mol. The van der Waals surface area contributed by atoms with Crippen molar-refractivity contribution >= 4 is 17.4 Å². The fourth-order valence-corrected chi connectivity index (χ4v) is 2.81. The Balaban J connectivity index is 2.17. The maximum absolute atomic E-state index is 6.28. The molecule has 0 aliphatic heterocycles. The Morgan fingerprint density at radius 2 is 2.11 bits per heavy atom. The van der Waals surface area contributed by atoms with Crippen LogP contribution < -0.4 is 10.5 Å². The lowest BCUT2D eigenvalue weighted by Crippen LogP contribution is -2.08. The first kappa shape index (κ1) is 12.4. The number of benzene rings is 1. The second-order valence-electron chi connectivity index (χ2n) is 4.75. The first-order valence-electron chi connectivity index (χ1n) is 6.41. The lowest BCUT2D eigenvalue weighted by atomic mass is 9.97. The molecule has 1 aromatic heterocycles. The molecular weight excluding hydrogens is 262 g/mol. The number of nitrogens with zero attached hydrogens (tertiary/aromatic N) is 2. The van der Waals surface area contributed by atoms with Crippen molar-refractivity contribution < 1.29 is 4.74 Å². The van der Waals surface area contributed by atoms with Gasteiger partial charge in [0.05, 0.1) is 17.8 Å². The van der Waals surface area contributed by atoms with E-state index >= 15 is 0 Å². The number of nitrogen functional groups attached to an aromatic ring is 1. The zero-order valence-electron chi connectivity index (χ0n) is 10.8. The fraction of sp³-hybridized carbons (Fsp3) is 0.357. The minimum atomic E-state index is 0.619. The summed E-state index contributed by atoms with van der Waals surface area (Å²) in [6, 6.07) is 5.55. The van der Waals surface area contributed by atoms with Crippen LogP contribution in [0.15, 0.2) is 18.2 Å². The smallest absolute Gasteiger partial charge is 0.149 e. The Morgan fingerprint density at radius 3 is 2.89 bits per heavy atom. The number of ether oxygens (including phenoxy) is 1. The third kappa shape index (κ3) is 2.06. The van der Waals surface area contributed by atoms with Gasteiger partial charge < -0.3 is 10.5 Å². The largest absolute Gasteiger partial charge is 0.497 e. The molecular formula is C14H16ClN3O. The molecule has 0 bridgehead atoms. The van der Waals surface area contributed by atoms with E-state index in [4.69, 9.17) is 22.1 Å². The summed E-state index contributed by atoms with van der Waals surface area (Å²) < 4.78 is 7.12. The Kier molecular flexibility index (Phi) is 3.11. The predicted octanol–water partition coefficient (Wildman–Crippen LogP) is 3.00. The van der Waals surface area contributed by atoms with E-state index in [0.717, 1.165) is 24.3 Å². The van der Waals surface area contributed by atoms with E-state index in [1.54, 1.807) is 7.11 Å². The van der Waals surface area contributed by atoms with Crippen LogP contribution in [0.2, 0.25) is 5.02 Å². The van der Waals surface area contributed by atoms with Crippen molar-refractivity contribution in [3.63, 3.8) is 0 Å². The molecule has 1 aliphatic carbocycles. The van der Waals surface area contributed by atoms with E-state index in [0.29, 0.717) is 10.8 Å². The first-order valence-corrected chi connectivity index (χ1v) is 6.78. The number of aromatic nitrogens is 2. The van der Waals surface area contributed by atoms with Crippen LogP contribution in [0.25, 0.3) is 5.69 Å². The van der Waals surface area contributed by atoms with Gasteiger partial charge in [0, 0.05) is 17.3 Å². The van der Waals surface area contributed by atoms with Gasteiger partial charge in [-0.05, 0) is 37.8 Å². The average molecular weight is 278 g/mol. The van der Waals surface area contributed by atoms with E-state index in [-0.39, 0.29) is 0 Å². The van der Waals surface area contributed by atoms with E-state index in [9.17, 15) is 0 Å². The van der Waals surface area contributed by atoms with Crippen molar-refractivity contribution in [3.05, 3.63) is 34.5 Å².